The predicted octanol–water partition coefficient (Wildman–Crippen LogP) is 1.14. The molecule has 1 aliphatic carbocycles. The van der Waals surface area contributed by atoms with Crippen molar-refractivity contribution in [3.05, 3.63) is 35.8 Å². The van der Waals surface area contributed by atoms with Crippen LogP contribution < -0.4 is 5.32 Å². The van der Waals surface area contributed by atoms with Crippen LogP contribution in [0.25, 0.3) is 5.65 Å². The molecule has 1 saturated carbocycles. The van der Waals surface area contributed by atoms with Crippen molar-refractivity contribution in [3.63, 3.8) is 0 Å². The largest absolute Gasteiger partial charge is 0.393 e. The van der Waals surface area contributed by atoms with E-state index in [9.17, 15) is 9.90 Å². The number of carbonyl (C=O) groups is 1. The first-order chi connectivity index (χ1) is 9.13. The number of fused-ring (bicyclic) bond motifs is 1. The molecule has 0 bridgehead atoms. The molecule has 1 aliphatic rings. The summed E-state index contributed by atoms with van der Waals surface area (Å²) in [5.74, 6) is 0.252. The second-order valence-corrected chi connectivity index (χ2v) is 5.22. The zero-order valence-corrected chi connectivity index (χ0v) is 10.8. The van der Waals surface area contributed by atoms with Crippen LogP contribution in [0.1, 0.15) is 29.0 Å². The molecule has 5 heteroatoms. The van der Waals surface area contributed by atoms with Gasteiger partial charge in [0.2, 0.25) is 0 Å². The van der Waals surface area contributed by atoms with Crippen molar-refractivity contribution in [1.82, 2.24) is 14.7 Å². The summed E-state index contributed by atoms with van der Waals surface area (Å²) in [6.45, 7) is 2.59. The van der Waals surface area contributed by atoms with E-state index in [4.69, 9.17) is 0 Å². The average molecular weight is 259 g/mol. The molecule has 100 valence electrons. The zero-order chi connectivity index (χ0) is 13.4. The van der Waals surface area contributed by atoms with Gasteiger partial charge in [-0.3, -0.25) is 4.79 Å². The van der Waals surface area contributed by atoms with E-state index in [0.29, 0.717) is 18.2 Å². The van der Waals surface area contributed by atoms with Crippen LogP contribution in [-0.4, -0.2) is 33.0 Å². The summed E-state index contributed by atoms with van der Waals surface area (Å²) in [5.41, 5.74) is 2.27. The SMILES string of the molecule is Cc1cccc2nc(C(=O)NCC3CC(O)C3)cn12. The number of aromatic nitrogens is 2. The second-order valence-electron chi connectivity index (χ2n) is 5.22. The van der Waals surface area contributed by atoms with Crippen molar-refractivity contribution in [1.29, 1.82) is 0 Å². The van der Waals surface area contributed by atoms with Gasteiger partial charge in [-0.15, -0.1) is 0 Å². The predicted molar refractivity (Wildman–Crippen MR) is 71.0 cm³/mol. The van der Waals surface area contributed by atoms with Gasteiger partial charge in [-0.05, 0) is 37.8 Å². The molecule has 0 radical (unpaired) electrons. The topological polar surface area (TPSA) is 66.6 Å². The lowest BCUT2D eigenvalue weighted by atomic mass is 9.82. The Bertz CT molecular complexity index is 614. The number of rotatable bonds is 3. The molecule has 2 aromatic rings. The van der Waals surface area contributed by atoms with Crippen molar-refractivity contribution >= 4 is 11.6 Å². The Balaban J connectivity index is 1.69. The van der Waals surface area contributed by atoms with Crippen LogP contribution in [0.5, 0.6) is 0 Å². The summed E-state index contributed by atoms with van der Waals surface area (Å²) in [5, 5.41) is 12.1. The van der Waals surface area contributed by atoms with Crippen molar-refractivity contribution < 1.29 is 9.90 Å². The number of nitrogens with zero attached hydrogens (tertiary/aromatic N) is 2. The molecular formula is C14H17N3O2. The highest BCUT2D eigenvalue weighted by molar-refractivity contribution is 5.92. The van der Waals surface area contributed by atoms with Gasteiger partial charge < -0.3 is 14.8 Å². The van der Waals surface area contributed by atoms with E-state index < -0.39 is 0 Å². The molecule has 3 rings (SSSR count). The van der Waals surface area contributed by atoms with Crippen molar-refractivity contribution in [2.45, 2.75) is 25.9 Å². The summed E-state index contributed by atoms with van der Waals surface area (Å²) >= 11 is 0. The Morgan fingerprint density at radius 2 is 2.32 bits per heavy atom. The lowest BCUT2D eigenvalue weighted by molar-refractivity contribution is 0.0420. The Labute approximate surface area is 111 Å². The molecule has 0 atom stereocenters. The third-order valence-corrected chi connectivity index (χ3v) is 3.69. The van der Waals surface area contributed by atoms with Crippen LogP contribution >= 0.6 is 0 Å². The van der Waals surface area contributed by atoms with Crippen LogP contribution in [0.3, 0.4) is 0 Å². The Morgan fingerprint density at radius 1 is 1.53 bits per heavy atom. The third kappa shape index (κ3) is 2.33. The lowest BCUT2D eigenvalue weighted by Gasteiger charge is -2.31. The van der Waals surface area contributed by atoms with Gasteiger partial charge in [-0.25, -0.2) is 4.98 Å². The fourth-order valence-electron chi connectivity index (χ4n) is 2.45. The summed E-state index contributed by atoms with van der Waals surface area (Å²) in [7, 11) is 0. The number of hydrogen-bond donors (Lipinski definition) is 2. The first-order valence-electron chi connectivity index (χ1n) is 6.54. The molecule has 2 aromatic heterocycles. The highest BCUT2D eigenvalue weighted by Crippen LogP contribution is 2.26. The number of carbonyl (C=O) groups excluding carboxylic acids is 1. The second kappa shape index (κ2) is 4.66. The molecule has 1 amide bonds. The molecule has 0 saturated heterocycles. The molecular weight excluding hydrogens is 242 g/mol. The number of aliphatic hydroxyl groups is 1. The highest BCUT2D eigenvalue weighted by atomic mass is 16.3. The maximum Gasteiger partial charge on any atom is 0.271 e. The van der Waals surface area contributed by atoms with Crippen LogP contribution in [0.2, 0.25) is 0 Å². The quantitative estimate of drug-likeness (QED) is 0.868. The highest BCUT2D eigenvalue weighted by Gasteiger charge is 2.27. The van der Waals surface area contributed by atoms with Crippen LogP contribution in [0.15, 0.2) is 24.4 Å². The minimum Gasteiger partial charge on any atom is -0.393 e. The molecule has 5 nitrogen and oxygen atoms in total. The molecule has 19 heavy (non-hydrogen) atoms. The summed E-state index contributed by atoms with van der Waals surface area (Å²) in [4.78, 5) is 16.3. The van der Waals surface area contributed by atoms with E-state index in [0.717, 1.165) is 24.2 Å². The van der Waals surface area contributed by atoms with Gasteiger partial charge in [0, 0.05) is 18.4 Å². The van der Waals surface area contributed by atoms with Gasteiger partial charge in [0.1, 0.15) is 11.3 Å². The first kappa shape index (κ1) is 12.2. The minimum atomic E-state index is -0.181. The van der Waals surface area contributed by atoms with Gasteiger partial charge in [0.15, 0.2) is 0 Å². The smallest absolute Gasteiger partial charge is 0.271 e. The fourth-order valence-corrected chi connectivity index (χ4v) is 2.45. The summed E-state index contributed by atoms with van der Waals surface area (Å²) in [6, 6.07) is 5.79. The number of pyridine rings is 1. The van der Waals surface area contributed by atoms with Gasteiger partial charge in [-0.1, -0.05) is 6.07 Å². The average Bonchev–Trinajstić information content (AvgIpc) is 2.78. The maximum atomic E-state index is 12.0. The minimum absolute atomic E-state index is 0.149. The summed E-state index contributed by atoms with van der Waals surface area (Å²) < 4.78 is 1.90. The molecule has 0 unspecified atom stereocenters. The van der Waals surface area contributed by atoms with E-state index >= 15 is 0 Å². The summed E-state index contributed by atoms with van der Waals surface area (Å²) in [6.07, 6.45) is 3.14. The van der Waals surface area contributed by atoms with Gasteiger partial charge in [0.25, 0.3) is 5.91 Å². The Kier molecular flexibility index (Phi) is 2.98. The van der Waals surface area contributed by atoms with Crippen molar-refractivity contribution in [2.24, 2.45) is 5.92 Å². The molecule has 2 N–H and O–H groups in total. The number of nitrogens with one attached hydrogen (secondary N) is 1. The van der Waals surface area contributed by atoms with Crippen LogP contribution in [-0.2, 0) is 0 Å². The van der Waals surface area contributed by atoms with E-state index in [1.54, 1.807) is 6.20 Å². The number of aryl methyl sites for hydroxylation is 1. The van der Waals surface area contributed by atoms with E-state index in [1.165, 1.54) is 0 Å². The number of imidazole rings is 1. The van der Waals surface area contributed by atoms with E-state index in [1.807, 2.05) is 29.5 Å². The van der Waals surface area contributed by atoms with Crippen LogP contribution in [0, 0.1) is 12.8 Å². The maximum absolute atomic E-state index is 12.0. The molecule has 0 aromatic carbocycles. The molecule has 0 spiro atoms. The van der Waals surface area contributed by atoms with Gasteiger partial charge >= 0.3 is 0 Å². The first-order valence-corrected chi connectivity index (χ1v) is 6.54. The zero-order valence-electron chi connectivity index (χ0n) is 10.8. The number of aliphatic hydroxyl groups excluding tert-OH is 1. The van der Waals surface area contributed by atoms with Gasteiger partial charge in [0.05, 0.1) is 6.10 Å². The van der Waals surface area contributed by atoms with E-state index in [-0.39, 0.29) is 12.0 Å². The molecule has 0 aliphatic heterocycles. The number of hydrogen-bond acceptors (Lipinski definition) is 3. The Morgan fingerprint density at radius 3 is 3.00 bits per heavy atom. The van der Waals surface area contributed by atoms with Gasteiger partial charge in [-0.2, -0.15) is 0 Å². The fraction of sp³-hybridized carbons (Fsp3) is 0.429. The van der Waals surface area contributed by atoms with Crippen molar-refractivity contribution in [3.8, 4) is 0 Å². The third-order valence-electron chi connectivity index (χ3n) is 3.69. The number of amides is 1. The monoisotopic (exact) mass is 259 g/mol. The Hall–Kier alpha value is -1.88. The normalized spacial score (nSPS) is 22.2. The van der Waals surface area contributed by atoms with Crippen molar-refractivity contribution in [2.75, 3.05) is 6.54 Å². The molecule has 1 fully saturated rings. The van der Waals surface area contributed by atoms with Crippen LogP contribution in [0.4, 0.5) is 0 Å². The lowest BCUT2D eigenvalue weighted by Crippen LogP contribution is -2.38. The van der Waals surface area contributed by atoms with E-state index in [2.05, 4.69) is 10.3 Å². The standard InChI is InChI=1S/C14H17N3O2/c1-9-3-2-4-13-16-12(8-17(9)13)14(19)15-7-10-5-11(18)6-10/h2-4,8,10-11,18H,5-7H2,1H3,(H,15,19). The molecule has 2 heterocycles.